The molecule has 1 heterocycles. The normalized spacial score (nSPS) is 14.0. The molecule has 0 aromatic heterocycles. The topological polar surface area (TPSA) is 44.8 Å². The lowest BCUT2D eigenvalue weighted by Crippen LogP contribution is -2.50. The molecule has 1 saturated heterocycles. The highest BCUT2D eigenvalue weighted by Crippen LogP contribution is 2.22. The van der Waals surface area contributed by atoms with Crippen molar-refractivity contribution in [2.75, 3.05) is 43.0 Å². The molecule has 2 amide bonds. The average Bonchev–Trinajstić information content (AvgIpc) is 2.67. The van der Waals surface area contributed by atoms with E-state index < -0.39 is 0 Å². The van der Waals surface area contributed by atoms with Crippen LogP contribution >= 0.6 is 11.6 Å². The van der Waals surface area contributed by atoms with E-state index in [0.717, 1.165) is 23.8 Å². The van der Waals surface area contributed by atoms with Crippen LogP contribution in [0.4, 0.5) is 16.2 Å². The SMILES string of the molecule is C=CCOc1cccc(NC(=O)N2CCN(c3cccc(Cl)c3)CC2)c1. The van der Waals surface area contributed by atoms with Gasteiger partial charge in [0.05, 0.1) is 0 Å². The van der Waals surface area contributed by atoms with Gasteiger partial charge in [0.15, 0.2) is 0 Å². The van der Waals surface area contributed by atoms with Crippen LogP contribution in [-0.4, -0.2) is 43.7 Å². The van der Waals surface area contributed by atoms with E-state index in [9.17, 15) is 4.79 Å². The molecule has 1 fully saturated rings. The molecule has 136 valence electrons. The van der Waals surface area contributed by atoms with Gasteiger partial charge in [0.2, 0.25) is 0 Å². The van der Waals surface area contributed by atoms with Crippen molar-refractivity contribution in [3.05, 3.63) is 66.2 Å². The zero-order chi connectivity index (χ0) is 18.4. The maximum Gasteiger partial charge on any atom is 0.321 e. The van der Waals surface area contributed by atoms with Crippen LogP contribution < -0.4 is 15.0 Å². The minimum absolute atomic E-state index is 0.100. The summed E-state index contributed by atoms with van der Waals surface area (Å²) in [6, 6.07) is 15.1. The van der Waals surface area contributed by atoms with Crippen LogP contribution in [0.25, 0.3) is 0 Å². The van der Waals surface area contributed by atoms with Crippen LogP contribution in [0.1, 0.15) is 0 Å². The third kappa shape index (κ3) is 4.70. The number of amides is 2. The molecule has 0 radical (unpaired) electrons. The van der Waals surface area contributed by atoms with Crippen LogP contribution in [-0.2, 0) is 0 Å². The smallest absolute Gasteiger partial charge is 0.321 e. The van der Waals surface area contributed by atoms with Gasteiger partial charge in [-0.05, 0) is 30.3 Å². The van der Waals surface area contributed by atoms with Gasteiger partial charge in [-0.2, -0.15) is 0 Å². The number of urea groups is 1. The summed E-state index contributed by atoms with van der Waals surface area (Å²) >= 11 is 6.06. The molecule has 0 aliphatic carbocycles. The van der Waals surface area contributed by atoms with Gasteiger partial charge in [0.25, 0.3) is 0 Å². The van der Waals surface area contributed by atoms with Crippen molar-refractivity contribution in [1.82, 2.24) is 4.90 Å². The van der Waals surface area contributed by atoms with Gasteiger partial charge < -0.3 is 19.9 Å². The lowest BCUT2D eigenvalue weighted by molar-refractivity contribution is 0.208. The van der Waals surface area contributed by atoms with Crippen molar-refractivity contribution in [3.8, 4) is 5.75 Å². The van der Waals surface area contributed by atoms with E-state index in [1.165, 1.54) is 0 Å². The summed E-state index contributed by atoms with van der Waals surface area (Å²) in [5, 5.41) is 3.66. The molecule has 0 atom stereocenters. The number of nitrogens with zero attached hydrogens (tertiary/aromatic N) is 2. The fourth-order valence-electron chi connectivity index (χ4n) is 2.86. The first-order valence-electron chi connectivity index (χ1n) is 8.56. The van der Waals surface area contributed by atoms with E-state index in [4.69, 9.17) is 16.3 Å². The predicted octanol–water partition coefficient (Wildman–Crippen LogP) is 4.26. The predicted molar refractivity (Wildman–Crippen MR) is 106 cm³/mol. The van der Waals surface area contributed by atoms with Gasteiger partial charge in [-0.1, -0.05) is 36.4 Å². The number of hydrogen-bond donors (Lipinski definition) is 1. The quantitative estimate of drug-likeness (QED) is 0.799. The van der Waals surface area contributed by atoms with E-state index in [1.807, 2.05) is 53.4 Å². The second-order valence-electron chi connectivity index (χ2n) is 6.01. The molecule has 2 aromatic rings. The summed E-state index contributed by atoms with van der Waals surface area (Å²) in [5.41, 5.74) is 1.80. The summed E-state index contributed by atoms with van der Waals surface area (Å²) in [4.78, 5) is 16.6. The number of halogens is 1. The molecule has 3 rings (SSSR count). The first kappa shape index (κ1) is 18.1. The van der Waals surface area contributed by atoms with E-state index in [-0.39, 0.29) is 6.03 Å². The molecular formula is C20H22ClN3O2. The monoisotopic (exact) mass is 371 g/mol. The van der Waals surface area contributed by atoms with Gasteiger partial charge >= 0.3 is 6.03 Å². The van der Waals surface area contributed by atoms with Gasteiger partial charge in [-0.15, -0.1) is 0 Å². The van der Waals surface area contributed by atoms with Crippen LogP contribution in [0.15, 0.2) is 61.2 Å². The summed E-state index contributed by atoms with van der Waals surface area (Å²) < 4.78 is 5.50. The molecule has 0 saturated carbocycles. The van der Waals surface area contributed by atoms with Crippen molar-refractivity contribution in [2.24, 2.45) is 0 Å². The van der Waals surface area contributed by atoms with Gasteiger partial charge in [-0.3, -0.25) is 0 Å². The molecular weight excluding hydrogens is 350 g/mol. The van der Waals surface area contributed by atoms with Crippen molar-refractivity contribution >= 4 is 29.0 Å². The third-order valence-corrected chi connectivity index (χ3v) is 4.43. The number of nitrogens with one attached hydrogen (secondary N) is 1. The van der Waals surface area contributed by atoms with Crippen LogP contribution in [0.5, 0.6) is 5.75 Å². The first-order valence-corrected chi connectivity index (χ1v) is 8.94. The Hall–Kier alpha value is -2.66. The molecule has 1 aliphatic heterocycles. The van der Waals surface area contributed by atoms with Crippen molar-refractivity contribution < 1.29 is 9.53 Å². The highest BCUT2D eigenvalue weighted by molar-refractivity contribution is 6.30. The second-order valence-corrected chi connectivity index (χ2v) is 6.45. The number of hydrogen-bond acceptors (Lipinski definition) is 3. The fraction of sp³-hybridized carbons (Fsp3) is 0.250. The highest BCUT2D eigenvalue weighted by atomic mass is 35.5. The number of carbonyl (C=O) groups is 1. The lowest BCUT2D eigenvalue weighted by Gasteiger charge is -2.36. The molecule has 0 unspecified atom stereocenters. The van der Waals surface area contributed by atoms with E-state index in [1.54, 1.807) is 6.08 Å². The third-order valence-electron chi connectivity index (χ3n) is 4.19. The molecule has 26 heavy (non-hydrogen) atoms. The maximum absolute atomic E-state index is 12.5. The highest BCUT2D eigenvalue weighted by Gasteiger charge is 2.21. The Morgan fingerprint density at radius 1 is 1.15 bits per heavy atom. The molecule has 1 N–H and O–H groups in total. The molecule has 1 aliphatic rings. The minimum atomic E-state index is -0.100. The van der Waals surface area contributed by atoms with Crippen LogP contribution in [0.2, 0.25) is 5.02 Å². The molecule has 0 spiro atoms. The summed E-state index contributed by atoms with van der Waals surface area (Å²) in [6.45, 7) is 6.92. The summed E-state index contributed by atoms with van der Waals surface area (Å²) in [6.07, 6.45) is 1.69. The first-order chi connectivity index (χ1) is 12.7. The number of benzene rings is 2. The van der Waals surface area contributed by atoms with Crippen LogP contribution in [0.3, 0.4) is 0 Å². The summed E-state index contributed by atoms with van der Waals surface area (Å²) in [5.74, 6) is 0.702. The van der Waals surface area contributed by atoms with E-state index in [0.29, 0.717) is 31.1 Å². The zero-order valence-electron chi connectivity index (χ0n) is 14.5. The van der Waals surface area contributed by atoms with E-state index >= 15 is 0 Å². The Morgan fingerprint density at radius 2 is 1.92 bits per heavy atom. The Balaban J connectivity index is 1.54. The van der Waals surface area contributed by atoms with Gasteiger partial charge in [0.1, 0.15) is 12.4 Å². The average molecular weight is 372 g/mol. The number of anilines is 2. The lowest BCUT2D eigenvalue weighted by atomic mass is 10.2. The fourth-order valence-corrected chi connectivity index (χ4v) is 3.05. The van der Waals surface area contributed by atoms with Gasteiger partial charge in [-0.25, -0.2) is 4.79 Å². The van der Waals surface area contributed by atoms with Crippen LogP contribution in [0, 0.1) is 0 Å². The van der Waals surface area contributed by atoms with Crippen molar-refractivity contribution in [1.29, 1.82) is 0 Å². The summed E-state index contributed by atoms with van der Waals surface area (Å²) in [7, 11) is 0. The number of ether oxygens (including phenoxy) is 1. The largest absolute Gasteiger partial charge is 0.489 e. The second kappa shape index (κ2) is 8.63. The number of carbonyl (C=O) groups excluding carboxylic acids is 1. The van der Waals surface area contributed by atoms with Crippen molar-refractivity contribution in [2.45, 2.75) is 0 Å². The zero-order valence-corrected chi connectivity index (χ0v) is 15.3. The Bertz CT molecular complexity index is 773. The number of piperazine rings is 1. The Labute approximate surface area is 158 Å². The Morgan fingerprint density at radius 3 is 2.65 bits per heavy atom. The molecule has 0 bridgehead atoms. The standard InChI is InChI=1S/C20H22ClN3O2/c1-2-13-26-19-8-4-6-17(15-19)22-20(25)24-11-9-23(10-12-24)18-7-3-5-16(21)14-18/h2-8,14-15H,1,9-13H2,(H,22,25). The Kier molecular flexibility index (Phi) is 6.02. The van der Waals surface area contributed by atoms with E-state index in [2.05, 4.69) is 16.8 Å². The molecule has 2 aromatic carbocycles. The molecule has 6 heteroatoms. The number of rotatable bonds is 5. The molecule has 5 nitrogen and oxygen atoms in total. The maximum atomic E-state index is 12.5. The van der Waals surface area contributed by atoms with Crippen molar-refractivity contribution in [3.63, 3.8) is 0 Å². The van der Waals surface area contributed by atoms with Gasteiger partial charge in [0, 0.05) is 48.6 Å². The minimum Gasteiger partial charge on any atom is -0.489 e.